The van der Waals surface area contributed by atoms with Gasteiger partial charge >= 0.3 is 0 Å². The Bertz CT molecular complexity index is 1190. The number of hydrogen-bond donors (Lipinski definition) is 1. The maximum atomic E-state index is 12.9. The van der Waals surface area contributed by atoms with Crippen molar-refractivity contribution in [3.05, 3.63) is 54.1 Å². The van der Waals surface area contributed by atoms with Crippen molar-refractivity contribution in [2.75, 3.05) is 11.9 Å². The standard InChI is InChI=1S/C22H26N6O3S/c1-16-6-8-18(9-7-16)22-24-26-28(25-22)15-21(29)23-19-10-12-20(13-11-19)32(30,31)27-14-4-3-5-17(27)2/h6-13,17H,3-5,14-15H2,1-2H3,(H,23,29)/t17-/m1/s1. The van der Waals surface area contributed by atoms with E-state index in [1.54, 1.807) is 16.4 Å². The first kappa shape index (κ1) is 22.1. The van der Waals surface area contributed by atoms with E-state index in [9.17, 15) is 13.2 Å². The second-order valence-electron chi connectivity index (χ2n) is 8.04. The van der Waals surface area contributed by atoms with Gasteiger partial charge in [0.05, 0.1) is 4.90 Å². The van der Waals surface area contributed by atoms with Gasteiger partial charge in [-0.25, -0.2) is 8.42 Å². The lowest BCUT2D eigenvalue weighted by atomic mass is 10.1. The van der Waals surface area contributed by atoms with E-state index in [0.29, 0.717) is 18.1 Å². The lowest BCUT2D eigenvalue weighted by Crippen LogP contribution is -2.41. The Morgan fingerprint density at radius 1 is 1.09 bits per heavy atom. The van der Waals surface area contributed by atoms with Crippen LogP contribution in [0.4, 0.5) is 5.69 Å². The van der Waals surface area contributed by atoms with Crippen LogP contribution in [0.25, 0.3) is 11.4 Å². The zero-order valence-corrected chi connectivity index (χ0v) is 18.9. The van der Waals surface area contributed by atoms with Gasteiger partial charge in [-0.1, -0.05) is 36.2 Å². The topological polar surface area (TPSA) is 110 Å². The number of aryl methyl sites for hydroxylation is 1. The van der Waals surface area contributed by atoms with Crippen LogP contribution in [-0.4, -0.2) is 51.4 Å². The highest BCUT2D eigenvalue weighted by Crippen LogP contribution is 2.26. The summed E-state index contributed by atoms with van der Waals surface area (Å²) in [6.45, 7) is 4.37. The number of hydrogen-bond acceptors (Lipinski definition) is 6. The predicted molar refractivity (Wildman–Crippen MR) is 120 cm³/mol. The number of nitrogens with one attached hydrogen (secondary N) is 1. The number of amides is 1. The summed E-state index contributed by atoms with van der Waals surface area (Å²) in [5, 5.41) is 14.9. The first-order valence-electron chi connectivity index (χ1n) is 10.6. The average Bonchev–Trinajstić information content (AvgIpc) is 3.23. The number of aromatic nitrogens is 4. The van der Waals surface area contributed by atoms with E-state index in [-0.39, 0.29) is 23.4 Å². The van der Waals surface area contributed by atoms with E-state index < -0.39 is 10.0 Å². The average molecular weight is 455 g/mol. The quantitative estimate of drug-likeness (QED) is 0.613. The molecule has 1 amide bonds. The molecule has 1 atom stereocenters. The lowest BCUT2D eigenvalue weighted by molar-refractivity contribution is -0.117. The Kier molecular flexibility index (Phi) is 6.33. The van der Waals surface area contributed by atoms with Gasteiger partial charge in [-0.05, 0) is 56.2 Å². The number of nitrogens with zero attached hydrogens (tertiary/aromatic N) is 5. The first-order chi connectivity index (χ1) is 15.3. The molecule has 1 aliphatic heterocycles. The minimum absolute atomic E-state index is 0.00638. The van der Waals surface area contributed by atoms with Crippen molar-refractivity contribution in [3.63, 3.8) is 0 Å². The predicted octanol–water partition coefficient (Wildman–Crippen LogP) is 2.85. The summed E-state index contributed by atoms with van der Waals surface area (Å²) < 4.78 is 27.4. The largest absolute Gasteiger partial charge is 0.324 e. The van der Waals surface area contributed by atoms with E-state index >= 15 is 0 Å². The third-order valence-electron chi connectivity index (χ3n) is 5.53. The number of tetrazole rings is 1. The van der Waals surface area contributed by atoms with Crippen LogP contribution in [0, 0.1) is 6.92 Å². The third kappa shape index (κ3) is 4.86. The summed E-state index contributed by atoms with van der Waals surface area (Å²) in [5.74, 6) is 0.109. The molecule has 3 aromatic rings. The van der Waals surface area contributed by atoms with Gasteiger partial charge in [0.2, 0.25) is 21.8 Å². The molecule has 10 heteroatoms. The van der Waals surface area contributed by atoms with Crippen LogP contribution in [0.3, 0.4) is 0 Å². The Labute approximate surface area is 187 Å². The zero-order valence-electron chi connectivity index (χ0n) is 18.1. The Hall–Kier alpha value is -3.11. The SMILES string of the molecule is Cc1ccc(-c2nnn(CC(=O)Nc3ccc(S(=O)(=O)N4CCCC[C@H]4C)cc3)n2)cc1. The molecular formula is C22H26N6O3S. The van der Waals surface area contributed by atoms with Crippen LogP contribution in [0.5, 0.6) is 0 Å². The Balaban J connectivity index is 1.38. The van der Waals surface area contributed by atoms with Gasteiger partial charge in [0, 0.05) is 23.8 Å². The molecule has 0 saturated carbocycles. The molecule has 1 saturated heterocycles. The maximum absolute atomic E-state index is 12.9. The van der Waals surface area contributed by atoms with E-state index in [1.807, 2.05) is 38.1 Å². The number of benzene rings is 2. The van der Waals surface area contributed by atoms with Crippen LogP contribution in [-0.2, 0) is 21.4 Å². The lowest BCUT2D eigenvalue weighted by Gasteiger charge is -2.32. The molecular weight excluding hydrogens is 428 g/mol. The van der Waals surface area contributed by atoms with Crippen molar-refractivity contribution in [1.29, 1.82) is 0 Å². The van der Waals surface area contributed by atoms with E-state index in [0.717, 1.165) is 30.4 Å². The zero-order chi connectivity index (χ0) is 22.7. The molecule has 9 nitrogen and oxygen atoms in total. The van der Waals surface area contributed by atoms with Gasteiger partial charge in [-0.2, -0.15) is 9.10 Å². The summed E-state index contributed by atoms with van der Waals surface area (Å²) in [7, 11) is -3.54. The van der Waals surface area contributed by atoms with Gasteiger partial charge in [0.25, 0.3) is 0 Å². The van der Waals surface area contributed by atoms with Crippen LogP contribution in [0.1, 0.15) is 31.7 Å². The fourth-order valence-corrected chi connectivity index (χ4v) is 5.43. The molecule has 1 aliphatic rings. The number of sulfonamides is 1. The molecule has 0 unspecified atom stereocenters. The fourth-order valence-electron chi connectivity index (χ4n) is 3.73. The molecule has 2 heterocycles. The van der Waals surface area contributed by atoms with Crippen LogP contribution in [0.15, 0.2) is 53.4 Å². The number of piperidine rings is 1. The molecule has 1 aromatic heterocycles. The molecule has 1 N–H and O–H groups in total. The molecule has 0 radical (unpaired) electrons. The summed E-state index contributed by atoms with van der Waals surface area (Å²) in [4.78, 5) is 13.8. The number of carbonyl (C=O) groups is 1. The highest BCUT2D eigenvalue weighted by Gasteiger charge is 2.30. The molecule has 2 aromatic carbocycles. The molecule has 0 bridgehead atoms. The minimum Gasteiger partial charge on any atom is -0.324 e. The van der Waals surface area contributed by atoms with Crippen LogP contribution in [0.2, 0.25) is 0 Å². The Morgan fingerprint density at radius 3 is 2.50 bits per heavy atom. The van der Waals surface area contributed by atoms with Crippen molar-refractivity contribution in [1.82, 2.24) is 24.5 Å². The van der Waals surface area contributed by atoms with Crippen LogP contribution >= 0.6 is 0 Å². The number of anilines is 1. The molecule has 1 fully saturated rings. The van der Waals surface area contributed by atoms with E-state index in [4.69, 9.17) is 0 Å². The van der Waals surface area contributed by atoms with Gasteiger partial charge in [-0.3, -0.25) is 4.79 Å². The maximum Gasteiger partial charge on any atom is 0.248 e. The van der Waals surface area contributed by atoms with Gasteiger partial charge in [0.15, 0.2) is 0 Å². The minimum atomic E-state index is -3.54. The molecule has 0 aliphatic carbocycles. The molecule has 32 heavy (non-hydrogen) atoms. The second-order valence-corrected chi connectivity index (χ2v) is 9.93. The molecule has 0 spiro atoms. The normalized spacial score (nSPS) is 17.2. The van der Waals surface area contributed by atoms with Gasteiger partial charge in [-0.15, -0.1) is 10.2 Å². The third-order valence-corrected chi connectivity index (χ3v) is 7.56. The van der Waals surface area contributed by atoms with Gasteiger partial charge < -0.3 is 5.32 Å². The number of rotatable bonds is 6. The van der Waals surface area contributed by atoms with Crippen molar-refractivity contribution >= 4 is 21.6 Å². The van der Waals surface area contributed by atoms with Gasteiger partial charge in [0.1, 0.15) is 6.54 Å². The molecule has 168 valence electrons. The summed E-state index contributed by atoms with van der Waals surface area (Å²) in [6, 6.07) is 13.9. The van der Waals surface area contributed by atoms with E-state index in [1.165, 1.54) is 16.9 Å². The fraction of sp³-hybridized carbons (Fsp3) is 0.364. The highest BCUT2D eigenvalue weighted by atomic mass is 32.2. The van der Waals surface area contributed by atoms with Crippen LogP contribution < -0.4 is 5.32 Å². The summed E-state index contributed by atoms with van der Waals surface area (Å²) in [5.41, 5.74) is 2.45. The van der Waals surface area contributed by atoms with Crippen molar-refractivity contribution in [2.24, 2.45) is 0 Å². The smallest absolute Gasteiger partial charge is 0.248 e. The highest BCUT2D eigenvalue weighted by molar-refractivity contribution is 7.89. The molecule has 4 rings (SSSR count). The second kappa shape index (κ2) is 9.17. The summed E-state index contributed by atoms with van der Waals surface area (Å²) in [6.07, 6.45) is 2.79. The van der Waals surface area contributed by atoms with Crippen molar-refractivity contribution in [3.8, 4) is 11.4 Å². The van der Waals surface area contributed by atoms with Crippen molar-refractivity contribution < 1.29 is 13.2 Å². The van der Waals surface area contributed by atoms with E-state index in [2.05, 4.69) is 20.7 Å². The number of carbonyl (C=O) groups excluding carboxylic acids is 1. The Morgan fingerprint density at radius 2 is 1.81 bits per heavy atom. The summed E-state index contributed by atoms with van der Waals surface area (Å²) >= 11 is 0. The first-order valence-corrected chi connectivity index (χ1v) is 12.0. The monoisotopic (exact) mass is 454 g/mol. The van der Waals surface area contributed by atoms with Crippen molar-refractivity contribution in [2.45, 2.75) is 50.6 Å².